The fourth-order valence-corrected chi connectivity index (χ4v) is 2.31. The molecule has 1 fully saturated rings. The van der Waals surface area contributed by atoms with Crippen molar-refractivity contribution in [3.8, 4) is 0 Å². The molecule has 0 unspecified atom stereocenters. The summed E-state index contributed by atoms with van der Waals surface area (Å²) < 4.78 is 0. The molecule has 0 aromatic rings. The van der Waals surface area contributed by atoms with Gasteiger partial charge in [-0.2, -0.15) is 0 Å². The SMILES string of the molecule is O=C1[SH4]CCN(C(O)=S)C1=O. The molecule has 0 atom stereocenters. The molecule has 0 aliphatic carbocycles. The summed E-state index contributed by atoms with van der Waals surface area (Å²) in [5.41, 5.74) is 0. The molecule has 1 heterocycles. The molecule has 0 spiro atoms. The molecular weight excluding hydrogens is 186 g/mol. The molecule has 0 bridgehead atoms. The van der Waals surface area contributed by atoms with E-state index in [1.54, 1.807) is 0 Å². The Morgan fingerprint density at radius 2 is 2.27 bits per heavy atom. The lowest BCUT2D eigenvalue weighted by Gasteiger charge is -2.23. The number of hydrogen-bond donors (Lipinski definition) is 1. The Hall–Kier alpha value is -0.620. The van der Waals surface area contributed by atoms with Crippen LogP contribution in [0.5, 0.6) is 0 Å². The van der Waals surface area contributed by atoms with E-state index in [0.29, 0.717) is 12.3 Å². The molecule has 1 aliphatic heterocycles. The van der Waals surface area contributed by atoms with E-state index in [4.69, 9.17) is 5.11 Å². The maximum absolute atomic E-state index is 10.9. The van der Waals surface area contributed by atoms with Gasteiger partial charge in [0.1, 0.15) is 0 Å². The Kier molecular flexibility index (Phi) is 2.45. The van der Waals surface area contributed by atoms with Gasteiger partial charge >= 0.3 is 5.91 Å². The van der Waals surface area contributed by atoms with E-state index in [1.807, 2.05) is 0 Å². The molecule has 4 nitrogen and oxygen atoms in total. The average molecular weight is 195 g/mol. The Labute approximate surface area is 72.6 Å². The minimum atomic E-state index is -0.879. The third-order valence-electron chi connectivity index (χ3n) is 1.50. The zero-order chi connectivity index (χ0) is 8.43. The van der Waals surface area contributed by atoms with Crippen LogP contribution in [0, 0.1) is 0 Å². The van der Waals surface area contributed by atoms with Gasteiger partial charge in [0.25, 0.3) is 5.17 Å². The van der Waals surface area contributed by atoms with Crippen LogP contribution in [0.15, 0.2) is 0 Å². The maximum atomic E-state index is 10.9. The quantitative estimate of drug-likeness (QED) is 0.392. The highest BCUT2D eigenvalue weighted by atomic mass is 32.2. The third-order valence-corrected chi connectivity index (χ3v) is 3.15. The summed E-state index contributed by atoms with van der Waals surface area (Å²) in [7, 11) is 0. The second kappa shape index (κ2) is 3.19. The fraction of sp³-hybridized carbons (Fsp3) is 0.400. The maximum Gasteiger partial charge on any atom is 0.304 e. The molecule has 0 aromatic heterocycles. The molecule has 0 radical (unpaired) electrons. The number of aliphatic hydroxyl groups excluding tert-OH is 1. The second-order valence-corrected chi connectivity index (χ2v) is 4.48. The van der Waals surface area contributed by atoms with E-state index < -0.39 is 22.8 Å². The van der Waals surface area contributed by atoms with E-state index in [9.17, 15) is 9.59 Å². The molecule has 6 heteroatoms. The predicted octanol–water partition coefficient (Wildman–Crippen LogP) is -1.14. The largest absolute Gasteiger partial charge is 0.486 e. The van der Waals surface area contributed by atoms with Crippen LogP contribution in [0.25, 0.3) is 0 Å². The number of aliphatic hydroxyl groups is 1. The summed E-state index contributed by atoms with van der Waals surface area (Å²) in [4.78, 5) is 22.7. The third kappa shape index (κ3) is 1.69. The van der Waals surface area contributed by atoms with Crippen molar-refractivity contribution in [2.24, 2.45) is 0 Å². The van der Waals surface area contributed by atoms with Crippen molar-refractivity contribution in [3.05, 3.63) is 0 Å². The van der Waals surface area contributed by atoms with Crippen molar-refractivity contribution >= 4 is 40.2 Å². The van der Waals surface area contributed by atoms with Gasteiger partial charge < -0.3 is 5.11 Å². The zero-order valence-corrected chi connectivity index (χ0v) is 7.97. The van der Waals surface area contributed by atoms with E-state index >= 15 is 0 Å². The van der Waals surface area contributed by atoms with Crippen molar-refractivity contribution in [2.45, 2.75) is 0 Å². The molecule has 0 aromatic carbocycles. The van der Waals surface area contributed by atoms with Crippen molar-refractivity contribution in [2.75, 3.05) is 12.3 Å². The Balaban J connectivity index is 2.74. The van der Waals surface area contributed by atoms with Crippen LogP contribution in [0.1, 0.15) is 0 Å². The molecule has 0 saturated carbocycles. The lowest BCUT2D eigenvalue weighted by molar-refractivity contribution is -0.138. The van der Waals surface area contributed by atoms with Crippen molar-refractivity contribution in [1.29, 1.82) is 0 Å². The normalized spacial score (nSPS) is 19.5. The van der Waals surface area contributed by atoms with Gasteiger partial charge in [0.2, 0.25) is 5.12 Å². The van der Waals surface area contributed by atoms with Crippen LogP contribution in [0.4, 0.5) is 0 Å². The second-order valence-electron chi connectivity index (χ2n) is 2.27. The van der Waals surface area contributed by atoms with Crippen LogP contribution in [0.3, 0.4) is 0 Å². The number of hydrogen-bond acceptors (Lipinski definition) is 3. The van der Waals surface area contributed by atoms with Gasteiger partial charge in [0.05, 0.1) is 0 Å². The number of thiocarbonyl (C=S) groups is 1. The molecule has 64 valence electrons. The number of carbonyl (C=O) groups excluding carboxylic acids is 2. The van der Waals surface area contributed by atoms with Crippen molar-refractivity contribution < 1.29 is 14.7 Å². The summed E-state index contributed by atoms with van der Waals surface area (Å²) in [5, 5.41) is 7.94. The number of amides is 1. The predicted molar refractivity (Wildman–Crippen MR) is 50.0 cm³/mol. The lowest BCUT2D eigenvalue weighted by atomic mass is 10.5. The van der Waals surface area contributed by atoms with Gasteiger partial charge in [-0.05, 0) is 18.0 Å². The van der Waals surface area contributed by atoms with Gasteiger partial charge in [-0.15, -0.1) is 0 Å². The van der Waals surface area contributed by atoms with E-state index in [-0.39, 0.29) is 5.12 Å². The van der Waals surface area contributed by atoms with Crippen LogP contribution in [0.2, 0.25) is 0 Å². The summed E-state index contributed by atoms with van der Waals surface area (Å²) in [5.74, 6) is 0.0843. The first kappa shape index (κ1) is 8.48. The number of nitrogens with zero attached hydrogens (tertiary/aromatic N) is 1. The van der Waals surface area contributed by atoms with Crippen molar-refractivity contribution in [3.63, 3.8) is 0 Å². The lowest BCUT2D eigenvalue weighted by Crippen LogP contribution is -2.44. The molecule has 1 aliphatic rings. The monoisotopic (exact) mass is 195 g/mol. The summed E-state index contributed by atoms with van der Waals surface area (Å²) in [6.45, 7) is 0.409. The molecule has 1 N–H and O–H groups in total. The first-order chi connectivity index (χ1) is 5.13. The van der Waals surface area contributed by atoms with E-state index in [0.717, 1.165) is 4.90 Å². The van der Waals surface area contributed by atoms with E-state index in [2.05, 4.69) is 12.2 Å². The van der Waals surface area contributed by atoms with Gasteiger partial charge in [-0.25, -0.2) is 11.8 Å². The van der Waals surface area contributed by atoms with Crippen LogP contribution >= 0.6 is 24.0 Å². The van der Waals surface area contributed by atoms with Gasteiger partial charge in [-0.1, -0.05) is 0 Å². The van der Waals surface area contributed by atoms with Crippen LogP contribution in [-0.2, 0) is 9.59 Å². The molecule has 11 heavy (non-hydrogen) atoms. The highest BCUT2D eigenvalue weighted by molar-refractivity contribution is 8.15. The van der Waals surface area contributed by atoms with Crippen LogP contribution in [-0.4, -0.2) is 38.5 Å². The van der Waals surface area contributed by atoms with E-state index in [1.165, 1.54) is 0 Å². The average Bonchev–Trinajstić information content (AvgIpc) is 1.94. The molecular formula is C5H9NO3S2. The minimum absolute atomic E-state index is 0.340. The highest BCUT2D eigenvalue weighted by Gasteiger charge is 2.26. The first-order valence-electron chi connectivity index (χ1n) is 3.20. The standard InChI is InChI=1S/C5H9NO3S2/c7-3-4(8)11-2-1-6(3)5(9)10/h1-2H2,11H4,(H,9,10). The minimum Gasteiger partial charge on any atom is -0.486 e. The Morgan fingerprint density at radius 3 is 2.73 bits per heavy atom. The zero-order valence-electron chi connectivity index (χ0n) is 5.74. The van der Waals surface area contributed by atoms with Crippen molar-refractivity contribution in [1.82, 2.24) is 4.90 Å². The Bertz CT molecular complexity index is 228. The number of rotatable bonds is 0. The summed E-state index contributed by atoms with van der Waals surface area (Å²) >= 11 is 3.49. The van der Waals surface area contributed by atoms with Crippen LogP contribution < -0.4 is 0 Å². The summed E-state index contributed by atoms with van der Waals surface area (Å²) in [6, 6.07) is 0. The fourth-order valence-electron chi connectivity index (χ4n) is 0.939. The first-order valence-corrected chi connectivity index (χ1v) is 5.32. The topological polar surface area (TPSA) is 57.6 Å². The molecule has 1 amide bonds. The Morgan fingerprint density at radius 1 is 1.64 bits per heavy atom. The van der Waals surface area contributed by atoms with Gasteiger partial charge in [0.15, 0.2) is 0 Å². The summed E-state index contributed by atoms with van der Waals surface area (Å²) in [6.07, 6.45) is 0. The number of carbonyl (C=O) groups is 2. The van der Waals surface area contributed by atoms with Gasteiger partial charge in [-0.3, -0.25) is 14.5 Å². The smallest absolute Gasteiger partial charge is 0.304 e. The highest BCUT2D eigenvalue weighted by Crippen LogP contribution is 2.12. The molecule has 1 rings (SSSR count). The van der Waals surface area contributed by atoms with Gasteiger partial charge in [0, 0.05) is 6.54 Å². The molecule has 1 saturated heterocycles.